The molecule has 3 rings (SSSR count). The average molecular weight is 305 g/mol. The second-order valence-electron chi connectivity index (χ2n) is 4.53. The van der Waals surface area contributed by atoms with E-state index in [4.69, 9.17) is 9.47 Å². The highest BCUT2D eigenvalue weighted by Crippen LogP contribution is 2.31. The minimum Gasteiger partial charge on any atom is -0.493 e. The number of aromatic nitrogens is 2. The lowest BCUT2D eigenvalue weighted by Gasteiger charge is -2.11. The minimum absolute atomic E-state index is 0.0759. The summed E-state index contributed by atoms with van der Waals surface area (Å²) in [4.78, 5) is 19.2. The highest BCUT2D eigenvalue weighted by Gasteiger charge is 2.17. The van der Waals surface area contributed by atoms with Crippen molar-refractivity contribution in [1.82, 2.24) is 9.97 Å². The summed E-state index contributed by atoms with van der Waals surface area (Å²) in [6, 6.07) is 5.42. The second-order valence-corrected chi connectivity index (χ2v) is 5.51. The summed E-state index contributed by atoms with van der Waals surface area (Å²) < 4.78 is 10.4. The molecule has 7 heteroatoms. The molecule has 1 aliphatic rings. The van der Waals surface area contributed by atoms with Gasteiger partial charge in [0, 0.05) is 28.8 Å². The van der Waals surface area contributed by atoms with Gasteiger partial charge < -0.3 is 14.8 Å². The summed E-state index contributed by atoms with van der Waals surface area (Å²) in [6.45, 7) is 0. The molecule has 2 N–H and O–H groups in total. The van der Waals surface area contributed by atoms with Crippen molar-refractivity contribution in [1.29, 1.82) is 0 Å². The highest BCUT2D eigenvalue weighted by molar-refractivity contribution is 7.98. The molecular formula is C14H15N3O3S. The molecule has 110 valence electrons. The van der Waals surface area contributed by atoms with Crippen LogP contribution in [0.2, 0.25) is 0 Å². The van der Waals surface area contributed by atoms with Crippen molar-refractivity contribution in [3.05, 3.63) is 39.8 Å². The van der Waals surface area contributed by atoms with Gasteiger partial charge in [0.05, 0.1) is 19.9 Å². The summed E-state index contributed by atoms with van der Waals surface area (Å²) in [5.41, 5.74) is 2.32. The first kappa shape index (κ1) is 13.8. The van der Waals surface area contributed by atoms with E-state index in [2.05, 4.69) is 15.3 Å². The van der Waals surface area contributed by atoms with Crippen molar-refractivity contribution in [2.45, 2.75) is 11.5 Å². The molecule has 0 aliphatic carbocycles. The molecule has 1 aromatic heterocycles. The molecule has 0 radical (unpaired) electrons. The molecule has 2 heterocycles. The number of benzene rings is 1. The van der Waals surface area contributed by atoms with Gasteiger partial charge in [0.1, 0.15) is 0 Å². The Morgan fingerprint density at radius 3 is 2.81 bits per heavy atom. The third-order valence-corrected chi connectivity index (χ3v) is 4.20. The zero-order chi connectivity index (χ0) is 14.8. The standard InChI is InChI=1S/C14H15N3O3S/c1-19-11-4-3-8(5-12(11)20-2)15-14-16-10-7-21-6-9(10)13(18)17-14/h3-5H,6-7H2,1-2H3,(H2,15,16,17,18). The van der Waals surface area contributed by atoms with Crippen LogP contribution in [-0.4, -0.2) is 24.2 Å². The number of ether oxygens (including phenoxy) is 2. The highest BCUT2D eigenvalue weighted by atomic mass is 32.2. The van der Waals surface area contributed by atoms with Crippen LogP contribution in [-0.2, 0) is 11.5 Å². The van der Waals surface area contributed by atoms with Gasteiger partial charge in [-0.3, -0.25) is 9.78 Å². The van der Waals surface area contributed by atoms with Gasteiger partial charge in [0.25, 0.3) is 5.56 Å². The van der Waals surface area contributed by atoms with Gasteiger partial charge in [-0.2, -0.15) is 11.8 Å². The number of aromatic amines is 1. The Morgan fingerprint density at radius 2 is 2.05 bits per heavy atom. The fraction of sp³-hybridized carbons (Fsp3) is 0.286. The first-order valence-electron chi connectivity index (χ1n) is 6.40. The number of thioether (sulfide) groups is 1. The lowest BCUT2D eigenvalue weighted by molar-refractivity contribution is 0.355. The van der Waals surface area contributed by atoms with Gasteiger partial charge in [-0.05, 0) is 12.1 Å². The van der Waals surface area contributed by atoms with Crippen molar-refractivity contribution in [2.75, 3.05) is 19.5 Å². The van der Waals surface area contributed by atoms with Crippen LogP contribution in [0.25, 0.3) is 0 Å². The van der Waals surface area contributed by atoms with E-state index in [1.807, 2.05) is 6.07 Å². The van der Waals surface area contributed by atoms with E-state index >= 15 is 0 Å². The van der Waals surface area contributed by atoms with Crippen molar-refractivity contribution in [2.24, 2.45) is 0 Å². The lowest BCUT2D eigenvalue weighted by Crippen LogP contribution is -2.16. The third kappa shape index (κ3) is 2.69. The topological polar surface area (TPSA) is 76.2 Å². The molecular weight excluding hydrogens is 290 g/mol. The maximum atomic E-state index is 12.0. The maximum Gasteiger partial charge on any atom is 0.256 e. The van der Waals surface area contributed by atoms with Crippen molar-refractivity contribution >= 4 is 23.4 Å². The average Bonchev–Trinajstić information content (AvgIpc) is 2.96. The van der Waals surface area contributed by atoms with Gasteiger partial charge in [-0.15, -0.1) is 0 Å². The molecule has 6 nitrogen and oxygen atoms in total. The molecule has 21 heavy (non-hydrogen) atoms. The Bertz CT molecular complexity index is 730. The molecule has 0 bridgehead atoms. The van der Waals surface area contributed by atoms with E-state index in [-0.39, 0.29) is 5.56 Å². The molecule has 0 atom stereocenters. The number of nitrogens with zero attached hydrogens (tertiary/aromatic N) is 1. The fourth-order valence-electron chi connectivity index (χ4n) is 2.17. The van der Waals surface area contributed by atoms with Gasteiger partial charge in [0.2, 0.25) is 5.95 Å². The number of rotatable bonds is 4. The Labute approximate surface area is 125 Å². The number of nitrogens with one attached hydrogen (secondary N) is 2. The Hall–Kier alpha value is -2.15. The van der Waals surface area contributed by atoms with Gasteiger partial charge in [-0.25, -0.2) is 4.98 Å². The van der Waals surface area contributed by atoms with E-state index in [1.165, 1.54) is 0 Å². The first-order valence-corrected chi connectivity index (χ1v) is 7.55. The molecule has 0 fully saturated rings. The van der Waals surface area contributed by atoms with Crippen molar-refractivity contribution in [3.8, 4) is 11.5 Å². The van der Waals surface area contributed by atoms with Crippen LogP contribution in [0.1, 0.15) is 11.3 Å². The summed E-state index contributed by atoms with van der Waals surface area (Å²) in [5.74, 6) is 3.21. The molecule has 0 saturated heterocycles. The molecule has 0 saturated carbocycles. The molecule has 0 spiro atoms. The molecule has 1 aliphatic heterocycles. The number of H-pyrrole nitrogens is 1. The predicted octanol–water partition coefficient (Wildman–Crippen LogP) is 2.28. The predicted molar refractivity (Wildman–Crippen MR) is 82.7 cm³/mol. The second kappa shape index (κ2) is 5.69. The van der Waals surface area contributed by atoms with Crippen LogP contribution in [0.5, 0.6) is 11.5 Å². The number of anilines is 2. The summed E-state index contributed by atoms with van der Waals surface area (Å²) in [6.07, 6.45) is 0. The smallest absolute Gasteiger partial charge is 0.256 e. The van der Waals surface area contributed by atoms with Crippen LogP contribution < -0.4 is 20.3 Å². The van der Waals surface area contributed by atoms with Crippen molar-refractivity contribution in [3.63, 3.8) is 0 Å². The normalized spacial score (nSPS) is 12.9. The summed E-state index contributed by atoms with van der Waals surface area (Å²) >= 11 is 1.70. The van der Waals surface area contributed by atoms with Gasteiger partial charge >= 0.3 is 0 Å². The zero-order valence-electron chi connectivity index (χ0n) is 11.7. The first-order chi connectivity index (χ1) is 10.2. The molecule has 0 amide bonds. The molecule has 1 aromatic carbocycles. The third-order valence-electron chi connectivity index (χ3n) is 3.23. The fourth-order valence-corrected chi connectivity index (χ4v) is 3.21. The van der Waals surface area contributed by atoms with Gasteiger partial charge in [-0.1, -0.05) is 0 Å². The van der Waals surface area contributed by atoms with E-state index < -0.39 is 0 Å². The van der Waals surface area contributed by atoms with Crippen LogP contribution in [0.4, 0.5) is 11.6 Å². The van der Waals surface area contributed by atoms with Crippen molar-refractivity contribution < 1.29 is 9.47 Å². The van der Waals surface area contributed by atoms with Crippen LogP contribution in [0, 0.1) is 0 Å². The molecule has 0 unspecified atom stereocenters. The number of hydrogen-bond donors (Lipinski definition) is 2. The van der Waals surface area contributed by atoms with Gasteiger partial charge in [0.15, 0.2) is 11.5 Å². The van der Waals surface area contributed by atoms with E-state index in [9.17, 15) is 4.79 Å². The van der Waals surface area contributed by atoms with E-state index in [1.54, 1.807) is 38.1 Å². The summed E-state index contributed by atoms with van der Waals surface area (Å²) in [5, 5.41) is 3.09. The Kier molecular flexibility index (Phi) is 3.74. The van der Waals surface area contributed by atoms with E-state index in [0.717, 1.165) is 28.5 Å². The minimum atomic E-state index is -0.0759. The monoisotopic (exact) mass is 305 g/mol. The van der Waals surface area contributed by atoms with Crippen LogP contribution in [0.15, 0.2) is 23.0 Å². The number of hydrogen-bond acceptors (Lipinski definition) is 6. The number of methoxy groups -OCH3 is 2. The Morgan fingerprint density at radius 1 is 1.24 bits per heavy atom. The summed E-state index contributed by atoms with van der Waals surface area (Å²) in [7, 11) is 3.16. The number of fused-ring (bicyclic) bond motifs is 1. The van der Waals surface area contributed by atoms with E-state index in [0.29, 0.717) is 17.4 Å². The maximum absolute atomic E-state index is 12.0. The van der Waals surface area contributed by atoms with Crippen LogP contribution >= 0.6 is 11.8 Å². The zero-order valence-corrected chi connectivity index (χ0v) is 12.5. The Balaban J connectivity index is 1.90. The quantitative estimate of drug-likeness (QED) is 0.902. The molecule has 2 aromatic rings. The van der Waals surface area contributed by atoms with Crippen LogP contribution in [0.3, 0.4) is 0 Å². The SMILES string of the molecule is COc1ccc(Nc2nc3c(c(=O)[nH]2)CSC3)cc1OC. The largest absolute Gasteiger partial charge is 0.493 e. The lowest BCUT2D eigenvalue weighted by atomic mass is 10.2.